The smallest absolute Gasteiger partial charge is 0.274 e. The van der Waals surface area contributed by atoms with Crippen molar-refractivity contribution >= 4 is 5.91 Å². The van der Waals surface area contributed by atoms with Gasteiger partial charge in [0.2, 0.25) is 0 Å². The predicted molar refractivity (Wildman–Crippen MR) is 85.5 cm³/mol. The van der Waals surface area contributed by atoms with E-state index in [-0.39, 0.29) is 11.9 Å². The first-order valence-electron chi connectivity index (χ1n) is 8.55. The molecule has 2 fully saturated rings. The van der Waals surface area contributed by atoms with Gasteiger partial charge in [0.1, 0.15) is 11.5 Å². The highest BCUT2D eigenvalue weighted by atomic mass is 16.5. The van der Waals surface area contributed by atoms with E-state index in [1.165, 1.54) is 0 Å². The third-order valence-electron chi connectivity index (χ3n) is 4.86. The number of hydrogen-bond acceptors (Lipinski definition) is 5. The molecule has 1 atom stereocenters. The van der Waals surface area contributed by atoms with Crippen LogP contribution in [0.15, 0.2) is 6.07 Å². The second kappa shape index (κ2) is 6.35. The minimum Gasteiger partial charge on any atom is -0.381 e. The summed E-state index contributed by atoms with van der Waals surface area (Å²) in [6.45, 7) is 4.15. The van der Waals surface area contributed by atoms with Gasteiger partial charge in [-0.2, -0.15) is 10.2 Å². The molecule has 0 aliphatic carbocycles. The van der Waals surface area contributed by atoms with Gasteiger partial charge in [-0.15, -0.1) is 0 Å². The lowest BCUT2D eigenvalue weighted by Gasteiger charge is -2.22. The summed E-state index contributed by atoms with van der Waals surface area (Å²) in [7, 11) is 0. The van der Waals surface area contributed by atoms with E-state index in [0.717, 1.165) is 62.8 Å². The highest BCUT2D eigenvalue weighted by molar-refractivity contribution is 5.92. The van der Waals surface area contributed by atoms with Crippen LogP contribution < -0.4 is 0 Å². The quantitative estimate of drug-likeness (QED) is 0.892. The van der Waals surface area contributed by atoms with Crippen LogP contribution in [-0.2, 0) is 4.74 Å². The van der Waals surface area contributed by atoms with Crippen molar-refractivity contribution in [1.29, 1.82) is 0 Å². The Morgan fingerprint density at radius 2 is 2.08 bits per heavy atom. The number of likely N-dealkylation sites (tertiary alicyclic amines) is 1. The van der Waals surface area contributed by atoms with Crippen molar-refractivity contribution in [1.82, 2.24) is 30.3 Å². The van der Waals surface area contributed by atoms with Gasteiger partial charge >= 0.3 is 0 Å². The van der Waals surface area contributed by atoms with Crippen molar-refractivity contribution in [2.75, 3.05) is 19.8 Å². The van der Waals surface area contributed by atoms with E-state index in [1.807, 2.05) is 11.8 Å². The molecule has 0 radical (unpaired) electrons. The fourth-order valence-electron chi connectivity index (χ4n) is 3.54. The summed E-state index contributed by atoms with van der Waals surface area (Å²) in [5, 5.41) is 14.4. The van der Waals surface area contributed by atoms with Gasteiger partial charge in [-0.25, -0.2) is 4.98 Å². The Labute approximate surface area is 140 Å². The molecule has 2 aromatic rings. The SMILES string of the molecule is Cc1cc(C(=O)N2CCC[C@H]2c2nc(C3CCOCC3)n[nH]2)n[nH]1. The fraction of sp³-hybridized carbons (Fsp3) is 0.625. The van der Waals surface area contributed by atoms with Crippen molar-refractivity contribution in [3.05, 3.63) is 29.1 Å². The normalized spacial score (nSPS) is 22.2. The lowest BCUT2D eigenvalue weighted by Crippen LogP contribution is -2.31. The molecule has 4 rings (SSSR count). The average molecular weight is 330 g/mol. The van der Waals surface area contributed by atoms with E-state index in [9.17, 15) is 4.79 Å². The Balaban J connectivity index is 1.52. The number of H-pyrrole nitrogens is 2. The van der Waals surface area contributed by atoms with Gasteiger partial charge in [0.25, 0.3) is 5.91 Å². The first-order chi connectivity index (χ1) is 11.7. The highest BCUT2D eigenvalue weighted by Crippen LogP contribution is 2.32. The molecule has 1 amide bonds. The van der Waals surface area contributed by atoms with Crippen molar-refractivity contribution in [3.8, 4) is 0 Å². The number of aromatic nitrogens is 5. The maximum Gasteiger partial charge on any atom is 0.274 e. The largest absolute Gasteiger partial charge is 0.381 e. The number of nitrogens with zero attached hydrogens (tertiary/aromatic N) is 4. The van der Waals surface area contributed by atoms with Gasteiger partial charge in [-0.3, -0.25) is 15.0 Å². The lowest BCUT2D eigenvalue weighted by atomic mass is 10.00. The van der Waals surface area contributed by atoms with E-state index in [1.54, 1.807) is 6.07 Å². The van der Waals surface area contributed by atoms with Crippen LogP contribution in [0.4, 0.5) is 0 Å². The molecule has 0 bridgehead atoms. The number of carbonyl (C=O) groups is 1. The first kappa shape index (κ1) is 15.3. The van der Waals surface area contributed by atoms with Crippen LogP contribution in [0, 0.1) is 6.92 Å². The first-order valence-corrected chi connectivity index (χ1v) is 8.55. The van der Waals surface area contributed by atoms with Crippen LogP contribution >= 0.6 is 0 Å². The summed E-state index contributed by atoms with van der Waals surface area (Å²) in [5.74, 6) is 1.94. The monoisotopic (exact) mass is 330 g/mol. The summed E-state index contributed by atoms with van der Waals surface area (Å²) in [6.07, 6.45) is 3.78. The molecule has 2 N–H and O–H groups in total. The summed E-state index contributed by atoms with van der Waals surface area (Å²) in [4.78, 5) is 19.3. The molecule has 2 saturated heterocycles. The van der Waals surface area contributed by atoms with E-state index in [4.69, 9.17) is 9.72 Å². The van der Waals surface area contributed by atoms with E-state index < -0.39 is 0 Å². The van der Waals surface area contributed by atoms with Gasteiger partial charge in [-0.05, 0) is 38.7 Å². The zero-order valence-corrected chi connectivity index (χ0v) is 13.8. The molecule has 8 nitrogen and oxygen atoms in total. The van der Waals surface area contributed by atoms with Gasteiger partial charge in [0, 0.05) is 31.4 Å². The molecule has 2 aromatic heterocycles. The third kappa shape index (κ3) is 2.82. The van der Waals surface area contributed by atoms with E-state index >= 15 is 0 Å². The highest BCUT2D eigenvalue weighted by Gasteiger charge is 2.34. The molecular formula is C16H22N6O2. The Kier molecular flexibility index (Phi) is 4.05. The minimum atomic E-state index is -0.0501. The van der Waals surface area contributed by atoms with Crippen molar-refractivity contribution in [2.24, 2.45) is 0 Å². The third-order valence-corrected chi connectivity index (χ3v) is 4.86. The molecule has 128 valence electrons. The van der Waals surface area contributed by atoms with Gasteiger partial charge in [0.05, 0.1) is 6.04 Å². The zero-order chi connectivity index (χ0) is 16.5. The van der Waals surface area contributed by atoms with Crippen LogP contribution in [0.5, 0.6) is 0 Å². The molecule has 0 aromatic carbocycles. The minimum absolute atomic E-state index is 0.0457. The molecule has 8 heteroatoms. The number of nitrogens with one attached hydrogen (secondary N) is 2. The summed E-state index contributed by atoms with van der Waals surface area (Å²) < 4.78 is 5.40. The summed E-state index contributed by atoms with van der Waals surface area (Å²) >= 11 is 0. The second-order valence-electron chi connectivity index (χ2n) is 6.56. The van der Waals surface area contributed by atoms with Crippen LogP contribution in [0.1, 0.15) is 65.5 Å². The zero-order valence-electron chi connectivity index (χ0n) is 13.8. The topological polar surface area (TPSA) is 99.8 Å². The van der Waals surface area contributed by atoms with Crippen LogP contribution in [-0.4, -0.2) is 55.9 Å². The van der Waals surface area contributed by atoms with Crippen molar-refractivity contribution in [3.63, 3.8) is 0 Å². The maximum atomic E-state index is 12.7. The Morgan fingerprint density at radius 1 is 1.25 bits per heavy atom. The Morgan fingerprint density at radius 3 is 2.83 bits per heavy atom. The molecule has 0 saturated carbocycles. The van der Waals surface area contributed by atoms with Gasteiger partial charge in [-0.1, -0.05) is 0 Å². The number of amides is 1. The predicted octanol–water partition coefficient (Wildman–Crippen LogP) is 1.71. The maximum absolute atomic E-state index is 12.7. The second-order valence-corrected chi connectivity index (χ2v) is 6.56. The number of carbonyl (C=O) groups excluding carboxylic acids is 1. The number of ether oxygens (including phenoxy) is 1. The van der Waals surface area contributed by atoms with Gasteiger partial charge < -0.3 is 9.64 Å². The molecule has 24 heavy (non-hydrogen) atoms. The molecule has 0 unspecified atom stereocenters. The molecule has 4 heterocycles. The van der Waals surface area contributed by atoms with Crippen molar-refractivity contribution in [2.45, 2.75) is 44.6 Å². The molecule has 2 aliphatic heterocycles. The number of aromatic amines is 2. The summed E-state index contributed by atoms with van der Waals surface area (Å²) in [5.41, 5.74) is 1.35. The van der Waals surface area contributed by atoms with E-state index in [2.05, 4.69) is 20.4 Å². The van der Waals surface area contributed by atoms with E-state index in [0.29, 0.717) is 11.6 Å². The lowest BCUT2D eigenvalue weighted by molar-refractivity contribution is 0.0724. The van der Waals surface area contributed by atoms with Crippen LogP contribution in [0.25, 0.3) is 0 Å². The van der Waals surface area contributed by atoms with Gasteiger partial charge in [0.15, 0.2) is 5.82 Å². The van der Waals surface area contributed by atoms with Crippen LogP contribution in [0.3, 0.4) is 0 Å². The molecule has 0 spiro atoms. The Bertz CT molecular complexity index is 718. The standard InChI is InChI=1S/C16H22N6O2/c1-10-9-12(19-18-10)16(23)22-6-2-3-13(22)15-17-14(20-21-15)11-4-7-24-8-5-11/h9,11,13H,2-8H2,1H3,(H,18,19)(H,17,20,21)/t13-/m0/s1. The average Bonchev–Trinajstić information content (AvgIpc) is 3.34. The summed E-state index contributed by atoms with van der Waals surface area (Å²) in [6, 6.07) is 1.74. The Hall–Kier alpha value is -2.22. The molecular weight excluding hydrogens is 308 g/mol. The van der Waals surface area contributed by atoms with Crippen molar-refractivity contribution < 1.29 is 9.53 Å². The molecule has 2 aliphatic rings. The fourth-order valence-corrected chi connectivity index (χ4v) is 3.54. The van der Waals surface area contributed by atoms with Crippen LogP contribution in [0.2, 0.25) is 0 Å². The number of rotatable bonds is 3. The number of hydrogen-bond donors (Lipinski definition) is 2. The number of aryl methyl sites for hydroxylation is 1.